The normalized spacial score (nSPS) is 22.1. The number of nitrogens with one attached hydrogen (secondary N) is 2. The number of amides is 2. The van der Waals surface area contributed by atoms with Crippen molar-refractivity contribution in [1.82, 2.24) is 5.32 Å². The minimum Gasteiger partial charge on any atom is -0.335 e. The van der Waals surface area contributed by atoms with Crippen LogP contribution < -0.4 is 10.6 Å². The third kappa shape index (κ3) is 4.22. The molecule has 0 radical (unpaired) electrons. The number of aryl methyl sites for hydroxylation is 1. The van der Waals surface area contributed by atoms with Crippen LogP contribution in [0.4, 0.5) is 10.5 Å². The molecule has 1 fully saturated rings. The lowest BCUT2D eigenvalue weighted by Gasteiger charge is -2.29. The molecule has 1 aromatic carbocycles. The van der Waals surface area contributed by atoms with Crippen molar-refractivity contribution in [3.63, 3.8) is 0 Å². The molecular weight excluding hydrogens is 300 g/mol. The standard InChI is InChI=1S/C16H24N2O3S/c1-11-6-4-5-7-14(11)17-16(19)18-15-10-13(22(3,20)21)9-8-12(15)2/h8-11,14H,4-7H2,1-3H3,(H2,17,18,19)/t11-,14-/m1/s1. The van der Waals surface area contributed by atoms with Crippen LogP contribution in [0, 0.1) is 12.8 Å². The number of rotatable bonds is 3. The summed E-state index contributed by atoms with van der Waals surface area (Å²) in [4.78, 5) is 12.4. The van der Waals surface area contributed by atoms with E-state index in [2.05, 4.69) is 17.6 Å². The van der Waals surface area contributed by atoms with Gasteiger partial charge in [-0.05, 0) is 43.4 Å². The maximum atomic E-state index is 12.2. The highest BCUT2D eigenvalue weighted by Crippen LogP contribution is 2.24. The van der Waals surface area contributed by atoms with Gasteiger partial charge in [-0.25, -0.2) is 13.2 Å². The molecule has 122 valence electrons. The van der Waals surface area contributed by atoms with Gasteiger partial charge in [0.25, 0.3) is 0 Å². The summed E-state index contributed by atoms with van der Waals surface area (Å²) in [5, 5.41) is 5.78. The van der Waals surface area contributed by atoms with Crippen LogP contribution in [0.5, 0.6) is 0 Å². The van der Waals surface area contributed by atoms with E-state index >= 15 is 0 Å². The van der Waals surface area contributed by atoms with E-state index in [1.165, 1.54) is 12.5 Å². The maximum absolute atomic E-state index is 12.2. The van der Waals surface area contributed by atoms with Gasteiger partial charge in [0.05, 0.1) is 4.90 Å². The number of benzene rings is 1. The molecule has 2 N–H and O–H groups in total. The number of sulfone groups is 1. The lowest BCUT2D eigenvalue weighted by atomic mass is 9.86. The zero-order valence-corrected chi connectivity index (χ0v) is 14.2. The fraction of sp³-hybridized carbons (Fsp3) is 0.562. The quantitative estimate of drug-likeness (QED) is 0.897. The molecule has 0 heterocycles. The largest absolute Gasteiger partial charge is 0.335 e. The van der Waals surface area contributed by atoms with E-state index in [0.717, 1.165) is 31.1 Å². The van der Waals surface area contributed by atoms with E-state index in [-0.39, 0.29) is 17.0 Å². The smallest absolute Gasteiger partial charge is 0.319 e. The van der Waals surface area contributed by atoms with Crippen LogP contribution in [-0.2, 0) is 9.84 Å². The molecule has 0 saturated heterocycles. The molecule has 5 nitrogen and oxygen atoms in total. The minimum absolute atomic E-state index is 0.187. The minimum atomic E-state index is -3.29. The third-order valence-corrected chi connectivity index (χ3v) is 5.42. The summed E-state index contributed by atoms with van der Waals surface area (Å²) in [6, 6.07) is 4.68. The highest BCUT2D eigenvalue weighted by atomic mass is 32.2. The van der Waals surface area contributed by atoms with Gasteiger partial charge in [0.2, 0.25) is 0 Å². The summed E-state index contributed by atoms with van der Waals surface area (Å²) in [6.45, 7) is 3.99. The van der Waals surface area contributed by atoms with Crippen LogP contribution in [0.2, 0.25) is 0 Å². The number of anilines is 1. The second-order valence-electron chi connectivity index (χ2n) is 6.22. The Morgan fingerprint density at radius 3 is 2.55 bits per heavy atom. The summed E-state index contributed by atoms with van der Waals surface area (Å²) in [7, 11) is -3.29. The highest BCUT2D eigenvalue weighted by molar-refractivity contribution is 7.90. The number of carbonyl (C=O) groups excluding carboxylic acids is 1. The highest BCUT2D eigenvalue weighted by Gasteiger charge is 2.23. The van der Waals surface area contributed by atoms with Crippen LogP contribution in [-0.4, -0.2) is 26.7 Å². The topological polar surface area (TPSA) is 75.3 Å². The molecule has 1 aliphatic rings. The Balaban J connectivity index is 2.08. The Morgan fingerprint density at radius 1 is 1.23 bits per heavy atom. The Labute approximate surface area is 132 Å². The number of hydrogen-bond donors (Lipinski definition) is 2. The van der Waals surface area contributed by atoms with Gasteiger partial charge in [-0.3, -0.25) is 0 Å². The van der Waals surface area contributed by atoms with Crippen molar-refractivity contribution in [1.29, 1.82) is 0 Å². The van der Waals surface area contributed by atoms with Crippen LogP contribution in [0.15, 0.2) is 23.1 Å². The van der Waals surface area contributed by atoms with Crippen LogP contribution >= 0.6 is 0 Å². The first-order chi connectivity index (χ1) is 10.3. The Hall–Kier alpha value is -1.56. The molecule has 2 atom stereocenters. The molecule has 2 amide bonds. The van der Waals surface area contributed by atoms with Gasteiger partial charge in [-0.15, -0.1) is 0 Å². The molecule has 0 bridgehead atoms. The summed E-state index contributed by atoms with van der Waals surface area (Å²) in [5.74, 6) is 0.475. The number of carbonyl (C=O) groups is 1. The lowest BCUT2D eigenvalue weighted by Crippen LogP contribution is -2.43. The van der Waals surface area contributed by atoms with E-state index in [4.69, 9.17) is 0 Å². The van der Waals surface area contributed by atoms with Crippen LogP contribution in [0.1, 0.15) is 38.2 Å². The maximum Gasteiger partial charge on any atom is 0.319 e. The van der Waals surface area contributed by atoms with Crippen LogP contribution in [0.3, 0.4) is 0 Å². The Kier molecular flexibility index (Phi) is 5.11. The van der Waals surface area contributed by atoms with E-state index in [1.54, 1.807) is 12.1 Å². The van der Waals surface area contributed by atoms with Crippen molar-refractivity contribution >= 4 is 21.6 Å². The zero-order chi connectivity index (χ0) is 16.3. The van der Waals surface area contributed by atoms with Crippen molar-refractivity contribution in [2.24, 2.45) is 5.92 Å². The van der Waals surface area contributed by atoms with Gasteiger partial charge in [-0.2, -0.15) is 0 Å². The van der Waals surface area contributed by atoms with Gasteiger partial charge in [0.15, 0.2) is 9.84 Å². The molecule has 1 aromatic rings. The first-order valence-electron chi connectivity index (χ1n) is 7.65. The molecule has 1 aliphatic carbocycles. The molecule has 0 unspecified atom stereocenters. The van der Waals surface area contributed by atoms with Crippen LogP contribution in [0.25, 0.3) is 0 Å². The monoisotopic (exact) mass is 324 g/mol. The fourth-order valence-corrected chi connectivity index (χ4v) is 3.47. The van der Waals surface area contributed by atoms with Crippen molar-refractivity contribution < 1.29 is 13.2 Å². The molecule has 22 heavy (non-hydrogen) atoms. The summed E-state index contributed by atoms with van der Waals surface area (Å²) in [6.07, 6.45) is 5.64. The van der Waals surface area contributed by atoms with E-state index < -0.39 is 9.84 Å². The van der Waals surface area contributed by atoms with E-state index in [9.17, 15) is 13.2 Å². The van der Waals surface area contributed by atoms with E-state index in [0.29, 0.717) is 11.6 Å². The second kappa shape index (κ2) is 6.69. The van der Waals surface area contributed by atoms with Gasteiger partial charge in [0.1, 0.15) is 0 Å². The van der Waals surface area contributed by atoms with Crippen molar-refractivity contribution in [2.45, 2.75) is 50.5 Å². The SMILES string of the molecule is Cc1ccc(S(C)(=O)=O)cc1NC(=O)N[C@@H]1CCCC[C@H]1C. The summed E-state index contributed by atoms with van der Waals surface area (Å²) in [5.41, 5.74) is 1.36. The molecule has 1 saturated carbocycles. The third-order valence-electron chi connectivity index (χ3n) is 4.31. The average molecular weight is 324 g/mol. The Bertz CT molecular complexity index is 655. The summed E-state index contributed by atoms with van der Waals surface area (Å²) >= 11 is 0. The van der Waals surface area contributed by atoms with Gasteiger partial charge in [0, 0.05) is 18.0 Å². The predicted octanol–water partition coefficient (Wildman–Crippen LogP) is 3.10. The van der Waals surface area contributed by atoms with Crippen molar-refractivity contribution in [2.75, 3.05) is 11.6 Å². The van der Waals surface area contributed by atoms with Gasteiger partial charge >= 0.3 is 6.03 Å². The second-order valence-corrected chi connectivity index (χ2v) is 8.23. The Morgan fingerprint density at radius 2 is 1.91 bits per heavy atom. The van der Waals surface area contributed by atoms with E-state index in [1.807, 2.05) is 6.92 Å². The molecule has 6 heteroatoms. The molecular formula is C16H24N2O3S. The van der Waals surface area contributed by atoms with Crippen molar-refractivity contribution in [3.8, 4) is 0 Å². The van der Waals surface area contributed by atoms with Gasteiger partial charge in [-0.1, -0.05) is 25.8 Å². The molecule has 0 spiro atoms. The molecule has 0 aliphatic heterocycles. The number of urea groups is 1. The molecule has 2 rings (SSSR count). The zero-order valence-electron chi connectivity index (χ0n) is 13.3. The average Bonchev–Trinajstić information content (AvgIpc) is 2.42. The summed E-state index contributed by atoms with van der Waals surface area (Å²) < 4.78 is 23.2. The predicted molar refractivity (Wildman–Crippen MR) is 87.9 cm³/mol. The fourth-order valence-electron chi connectivity index (χ4n) is 2.82. The first-order valence-corrected chi connectivity index (χ1v) is 9.55. The molecule has 0 aromatic heterocycles. The van der Waals surface area contributed by atoms with Gasteiger partial charge < -0.3 is 10.6 Å². The number of hydrogen-bond acceptors (Lipinski definition) is 3. The lowest BCUT2D eigenvalue weighted by molar-refractivity contribution is 0.232. The first kappa shape index (κ1) is 16.8. The van der Waals surface area contributed by atoms with Crippen molar-refractivity contribution in [3.05, 3.63) is 23.8 Å².